The SMILES string of the molecule is COCC/C=C/c1cccc(C2(c3ccc(OC(F)F)c(C)c3)N=C(N)N(C)C2=O)c1. The van der Waals surface area contributed by atoms with E-state index in [0.717, 1.165) is 12.0 Å². The van der Waals surface area contributed by atoms with Crippen LogP contribution in [0.15, 0.2) is 53.5 Å². The van der Waals surface area contributed by atoms with Crippen LogP contribution in [-0.2, 0) is 15.1 Å². The fraction of sp³-hybridized carbons (Fsp3) is 0.304. The fourth-order valence-corrected chi connectivity index (χ4v) is 3.56. The minimum Gasteiger partial charge on any atom is -0.435 e. The summed E-state index contributed by atoms with van der Waals surface area (Å²) in [7, 11) is 3.20. The molecule has 2 aromatic carbocycles. The fourth-order valence-electron chi connectivity index (χ4n) is 3.56. The molecule has 2 aromatic rings. The number of nitrogens with zero attached hydrogens (tertiary/aromatic N) is 2. The normalized spacial score (nSPS) is 18.8. The summed E-state index contributed by atoms with van der Waals surface area (Å²) in [5.74, 6) is -0.205. The molecule has 0 aliphatic carbocycles. The molecule has 0 bridgehead atoms. The maximum absolute atomic E-state index is 13.4. The molecule has 1 atom stereocenters. The molecule has 0 saturated carbocycles. The van der Waals surface area contributed by atoms with E-state index in [9.17, 15) is 13.6 Å². The maximum atomic E-state index is 13.4. The van der Waals surface area contributed by atoms with E-state index >= 15 is 0 Å². The van der Waals surface area contributed by atoms with Crippen molar-refractivity contribution in [1.82, 2.24) is 4.90 Å². The maximum Gasteiger partial charge on any atom is 0.387 e. The standard InChI is InChI=1S/C23H25F2N3O3/c1-15-13-18(10-11-19(15)31-21(24)25)23(20(29)28(2)22(26)27-23)17-9-6-8-16(14-17)7-4-5-12-30-3/h4,6-11,13-14,21H,5,12H2,1-3H3,(H2,26,27)/b7-4+. The molecule has 164 valence electrons. The minimum absolute atomic E-state index is 0.0412. The Hall–Kier alpha value is -3.26. The molecule has 1 unspecified atom stereocenters. The Balaban J connectivity index is 2.10. The molecule has 1 amide bonds. The Bertz CT molecular complexity index is 1020. The van der Waals surface area contributed by atoms with Gasteiger partial charge in [0, 0.05) is 20.8 Å². The van der Waals surface area contributed by atoms with Gasteiger partial charge in [-0.2, -0.15) is 8.78 Å². The Kier molecular flexibility index (Phi) is 6.70. The van der Waals surface area contributed by atoms with Crippen molar-refractivity contribution in [3.8, 4) is 5.75 Å². The van der Waals surface area contributed by atoms with Gasteiger partial charge in [-0.15, -0.1) is 0 Å². The van der Waals surface area contributed by atoms with Crippen LogP contribution in [0.4, 0.5) is 8.78 Å². The topological polar surface area (TPSA) is 77.2 Å². The van der Waals surface area contributed by atoms with Crippen LogP contribution >= 0.6 is 0 Å². The van der Waals surface area contributed by atoms with Crippen LogP contribution in [0.5, 0.6) is 5.75 Å². The summed E-state index contributed by atoms with van der Waals surface area (Å²) in [5.41, 5.74) is 7.09. The summed E-state index contributed by atoms with van der Waals surface area (Å²) in [5, 5.41) is 0. The van der Waals surface area contributed by atoms with Crippen molar-refractivity contribution in [3.05, 3.63) is 70.8 Å². The first-order valence-electron chi connectivity index (χ1n) is 9.75. The van der Waals surface area contributed by atoms with Crippen LogP contribution in [0.1, 0.15) is 28.7 Å². The third kappa shape index (κ3) is 4.44. The van der Waals surface area contributed by atoms with E-state index in [1.807, 2.05) is 30.4 Å². The molecule has 31 heavy (non-hydrogen) atoms. The van der Waals surface area contributed by atoms with Gasteiger partial charge in [-0.1, -0.05) is 36.4 Å². The minimum atomic E-state index is -2.94. The molecule has 1 heterocycles. The van der Waals surface area contributed by atoms with Crippen LogP contribution in [0.25, 0.3) is 6.08 Å². The number of amides is 1. The van der Waals surface area contributed by atoms with E-state index < -0.39 is 12.2 Å². The Morgan fingerprint density at radius 2 is 1.97 bits per heavy atom. The molecule has 0 saturated heterocycles. The molecule has 3 rings (SSSR count). The average molecular weight is 429 g/mol. The van der Waals surface area contributed by atoms with Gasteiger partial charge in [0.15, 0.2) is 11.5 Å². The monoisotopic (exact) mass is 429 g/mol. The highest BCUT2D eigenvalue weighted by Crippen LogP contribution is 2.41. The Morgan fingerprint density at radius 1 is 1.23 bits per heavy atom. The van der Waals surface area contributed by atoms with Crippen molar-refractivity contribution in [1.29, 1.82) is 0 Å². The number of hydrogen-bond acceptors (Lipinski definition) is 5. The third-order valence-electron chi connectivity index (χ3n) is 5.15. The second kappa shape index (κ2) is 9.26. The van der Waals surface area contributed by atoms with Gasteiger partial charge in [-0.25, -0.2) is 4.99 Å². The number of benzene rings is 2. The highest BCUT2D eigenvalue weighted by atomic mass is 19.3. The van der Waals surface area contributed by atoms with Crippen LogP contribution in [-0.4, -0.2) is 44.1 Å². The number of ether oxygens (including phenoxy) is 2. The van der Waals surface area contributed by atoms with Gasteiger partial charge in [-0.3, -0.25) is 9.69 Å². The van der Waals surface area contributed by atoms with Crippen molar-refractivity contribution in [2.75, 3.05) is 20.8 Å². The average Bonchev–Trinajstić information content (AvgIpc) is 2.97. The number of alkyl halides is 2. The lowest BCUT2D eigenvalue weighted by atomic mass is 9.81. The third-order valence-corrected chi connectivity index (χ3v) is 5.15. The number of methoxy groups -OCH3 is 1. The lowest BCUT2D eigenvalue weighted by Crippen LogP contribution is -2.41. The molecule has 8 heteroatoms. The van der Waals surface area contributed by atoms with Gasteiger partial charge < -0.3 is 15.2 Å². The first-order valence-corrected chi connectivity index (χ1v) is 9.75. The van der Waals surface area contributed by atoms with E-state index in [0.29, 0.717) is 23.3 Å². The van der Waals surface area contributed by atoms with Crippen LogP contribution < -0.4 is 10.5 Å². The van der Waals surface area contributed by atoms with E-state index in [1.165, 1.54) is 11.0 Å². The summed E-state index contributed by atoms with van der Waals surface area (Å²) < 4.78 is 34.9. The number of halogens is 2. The molecule has 0 aromatic heterocycles. The van der Waals surface area contributed by atoms with E-state index in [1.54, 1.807) is 39.3 Å². The van der Waals surface area contributed by atoms with Gasteiger partial charge in [0.25, 0.3) is 5.91 Å². The molecular formula is C23H25F2N3O3. The van der Waals surface area contributed by atoms with Crippen molar-refractivity contribution in [2.24, 2.45) is 10.7 Å². The molecule has 1 aliphatic heterocycles. The van der Waals surface area contributed by atoms with Crippen molar-refractivity contribution >= 4 is 17.9 Å². The number of guanidine groups is 1. The van der Waals surface area contributed by atoms with E-state index in [4.69, 9.17) is 10.5 Å². The Morgan fingerprint density at radius 3 is 2.58 bits per heavy atom. The van der Waals surface area contributed by atoms with Gasteiger partial charge in [0.1, 0.15) is 5.75 Å². The molecule has 0 fully saturated rings. The highest BCUT2D eigenvalue weighted by molar-refractivity contribution is 6.09. The lowest BCUT2D eigenvalue weighted by molar-refractivity contribution is -0.129. The summed E-state index contributed by atoms with van der Waals surface area (Å²) >= 11 is 0. The quantitative estimate of drug-likeness (QED) is 0.650. The number of carbonyl (C=O) groups excluding carboxylic acids is 1. The number of nitrogens with two attached hydrogens (primary N) is 1. The second-order valence-electron chi connectivity index (χ2n) is 7.21. The van der Waals surface area contributed by atoms with Gasteiger partial charge in [0.2, 0.25) is 0 Å². The van der Waals surface area contributed by atoms with Crippen LogP contribution in [0.2, 0.25) is 0 Å². The zero-order valence-corrected chi connectivity index (χ0v) is 17.6. The van der Waals surface area contributed by atoms with Gasteiger partial charge in [0.05, 0.1) is 0 Å². The zero-order chi connectivity index (χ0) is 22.6. The van der Waals surface area contributed by atoms with Crippen LogP contribution in [0.3, 0.4) is 0 Å². The number of hydrogen-bond donors (Lipinski definition) is 1. The highest BCUT2D eigenvalue weighted by Gasteiger charge is 2.49. The Labute approximate surface area is 180 Å². The molecule has 6 nitrogen and oxygen atoms in total. The van der Waals surface area contributed by atoms with Crippen LogP contribution in [0, 0.1) is 6.92 Å². The van der Waals surface area contributed by atoms with E-state index in [2.05, 4.69) is 9.73 Å². The van der Waals surface area contributed by atoms with Crippen molar-refractivity contribution in [2.45, 2.75) is 25.5 Å². The van der Waals surface area contributed by atoms with Gasteiger partial charge >= 0.3 is 6.61 Å². The summed E-state index contributed by atoms with van der Waals surface area (Å²) in [6.45, 7) is -0.690. The number of likely N-dealkylation sites (N-methyl/N-ethyl adjacent to an activating group) is 1. The van der Waals surface area contributed by atoms with E-state index in [-0.39, 0.29) is 17.6 Å². The summed E-state index contributed by atoms with van der Waals surface area (Å²) in [6, 6.07) is 12.1. The molecule has 2 N–H and O–H groups in total. The van der Waals surface area contributed by atoms with Crippen molar-refractivity contribution in [3.63, 3.8) is 0 Å². The number of aliphatic imine (C=N–C) groups is 1. The summed E-state index contributed by atoms with van der Waals surface area (Å²) in [6.07, 6.45) is 4.68. The van der Waals surface area contributed by atoms with Crippen molar-refractivity contribution < 1.29 is 23.0 Å². The van der Waals surface area contributed by atoms with Gasteiger partial charge in [-0.05, 0) is 53.8 Å². The largest absolute Gasteiger partial charge is 0.435 e. The number of rotatable bonds is 8. The first-order chi connectivity index (χ1) is 14.8. The number of carbonyl (C=O) groups is 1. The smallest absolute Gasteiger partial charge is 0.387 e. The molecule has 1 aliphatic rings. The summed E-state index contributed by atoms with van der Waals surface area (Å²) in [4.78, 5) is 19.2. The first kappa shape index (κ1) is 22.4. The second-order valence-corrected chi connectivity index (χ2v) is 7.21. The molecule has 0 spiro atoms. The lowest BCUT2D eigenvalue weighted by Gasteiger charge is -2.27. The predicted octanol–water partition coefficient (Wildman–Crippen LogP) is 3.68. The molecule has 0 radical (unpaired) electrons. The zero-order valence-electron chi connectivity index (χ0n) is 17.6. The molecular weight excluding hydrogens is 404 g/mol. The number of aryl methyl sites for hydroxylation is 1. The predicted molar refractivity (Wildman–Crippen MR) is 115 cm³/mol.